The predicted molar refractivity (Wildman–Crippen MR) is 114 cm³/mol. The quantitative estimate of drug-likeness (QED) is 0.427. The number of methoxy groups -OCH3 is 1. The fourth-order valence-corrected chi connectivity index (χ4v) is 3.31. The van der Waals surface area contributed by atoms with Crippen LogP contribution in [0.15, 0.2) is 73.2 Å². The van der Waals surface area contributed by atoms with E-state index in [2.05, 4.69) is 15.5 Å². The molecule has 0 radical (unpaired) electrons. The molecule has 0 saturated carbocycles. The smallest absolute Gasteiger partial charge is 0.148 e. The van der Waals surface area contributed by atoms with Gasteiger partial charge in [0.25, 0.3) is 0 Å². The highest BCUT2D eigenvalue weighted by atomic mass is 19.1. The Hall–Kier alpha value is -3.45. The molecule has 0 unspecified atom stereocenters. The molecule has 0 spiro atoms. The van der Waals surface area contributed by atoms with Crippen molar-refractivity contribution in [3.8, 4) is 22.7 Å². The molecule has 2 aromatic carbocycles. The van der Waals surface area contributed by atoms with E-state index in [-0.39, 0.29) is 5.82 Å². The van der Waals surface area contributed by atoms with E-state index in [0.717, 1.165) is 42.1 Å². The van der Waals surface area contributed by atoms with Crippen LogP contribution in [0, 0.1) is 5.82 Å². The average molecular weight is 405 g/mol. The molecule has 0 bridgehead atoms. The van der Waals surface area contributed by atoms with Crippen LogP contribution in [0.4, 0.5) is 4.39 Å². The van der Waals surface area contributed by atoms with Crippen molar-refractivity contribution in [2.24, 2.45) is 0 Å². The van der Waals surface area contributed by atoms with E-state index < -0.39 is 0 Å². The molecule has 0 fully saturated rings. The van der Waals surface area contributed by atoms with Gasteiger partial charge in [-0.3, -0.25) is 4.68 Å². The van der Waals surface area contributed by atoms with Crippen LogP contribution in [0.25, 0.3) is 16.9 Å². The topological polar surface area (TPSA) is 56.9 Å². The third-order valence-corrected chi connectivity index (χ3v) is 4.87. The fraction of sp³-hybridized carbons (Fsp3) is 0.217. The summed E-state index contributed by atoms with van der Waals surface area (Å²) in [5, 5.41) is 12.4. The minimum Gasteiger partial charge on any atom is -0.497 e. The maximum Gasteiger partial charge on any atom is 0.148 e. The number of aromatic nitrogens is 4. The summed E-state index contributed by atoms with van der Waals surface area (Å²) in [6.07, 6.45) is 6.59. The highest BCUT2D eigenvalue weighted by molar-refractivity contribution is 5.64. The van der Waals surface area contributed by atoms with Crippen molar-refractivity contribution < 1.29 is 9.13 Å². The first kappa shape index (κ1) is 19.8. The number of hydrogen-bond donors (Lipinski definition) is 1. The predicted octanol–water partition coefficient (Wildman–Crippen LogP) is 4.06. The third-order valence-electron chi connectivity index (χ3n) is 4.87. The molecule has 1 N–H and O–H groups in total. The van der Waals surface area contributed by atoms with Gasteiger partial charge in [0.2, 0.25) is 0 Å². The maximum absolute atomic E-state index is 14.3. The Labute approximate surface area is 174 Å². The lowest BCUT2D eigenvalue weighted by Gasteiger charge is -2.06. The van der Waals surface area contributed by atoms with Crippen LogP contribution in [0.2, 0.25) is 0 Å². The monoisotopic (exact) mass is 405 g/mol. The number of ether oxygens (including phenoxy) is 1. The zero-order valence-corrected chi connectivity index (χ0v) is 16.8. The van der Waals surface area contributed by atoms with Crippen molar-refractivity contribution in [3.63, 3.8) is 0 Å². The summed E-state index contributed by atoms with van der Waals surface area (Å²) in [6, 6.07) is 16.3. The number of benzene rings is 2. The van der Waals surface area contributed by atoms with E-state index in [1.807, 2.05) is 47.4 Å². The Bertz CT molecular complexity index is 1070. The second-order valence-electron chi connectivity index (χ2n) is 6.93. The molecule has 0 aliphatic carbocycles. The van der Waals surface area contributed by atoms with Crippen molar-refractivity contribution >= 4 is 0 Å². The number of rotatable bonds is 9. The van der Waals surface area contributed by atoms with E-state index in [0.29, 0.717) is 12.2 Å². The standard InChI is InChI=1S/C23H24FN5O/c1-30-20-10-8-18(9-11-20)23-19(16-25-12-4-14-28-15-5-13-26-28)17-29(27-23)22-7-3-2-6-21(22)24/h2-3,5-11,13,15,17,25H,4,12,14,16H2,1H3. The SMILES string of the molecule is COc1ccc(-c2nn(-c3ccccc3F)cc2CNCCCn2cccn2)cc1. The van der Waals surface area contributed by atoms with Crippen LogP contribution >= 0.6 is 0 Å². The first-order chi connectivity index (χ1) is 14.7. The van der Waals surface area contributed by atoms with Gasteiger partial charge in [0.15, 0.2) is 0 Å². The molecule has 0 atom stereocenters. The van der Waals surface area contributed by atoms with Gasteiger partial charge in [0.1, 0.15) is 17.3 Å². The molecule has 4 rings (SSSR count). The van der Waals surface area contributed by atoms with Gasteiger partial charge in [-0.2, -0.15) is 10.2 Å². The number of hydrogen-bond acceptors (Lipinski definition) is 4. The van der Waals surface area contributed by atoms with Crippen LogP contribution in [0.3, 0.4) is 0 Å². The molecular formula is C23H24FN5O. The van der Waals surface area contributed by atoms with Crippen LogP contribution in [-0.2, 0) is 13.1 Å². The van der Waals surface area contributed by atoms with Crippen LogP contribution in [0.5, 0.6) is 5.75 Å². The molecule has 2 aromatic heterocycles. The van der Waals surface area contributed by atoms with Gasteiger partial charge in [0.05, 0.1) is 12.8 Å². The molecule has 4 aromatic rings. The second-order valence-corrected chi connectivity index (χ2v) is 6.93. The zero-order valence-electron chi connectivity index (χ0n) is 16.8. The Kier molecular flexibility index (Phi) is 6.20. The van der Waals surface area contributed by atoms with Crippen molar-refractivity contribution in [1.29, 1.82) is 0 Å². The summed E-state index contributed by atoms with van der Waals surface area (Å²) < 4.78 is 23.1. The Morgan fingerprint density at radius 2 is 1.90 bits per heavy atom. The van der Waals surface area contributed by atoms with E-state index >= 15 is 0 Å². The number of nitrogens with zero attached hydrogens (tertiary/aromatic N) is 4. The lowest BCUT2D eigenvalue weighted by Crippen LogP contribution is -2.16. The normalized spacial score (nSPS) is 11.0. The first-order valence-corrected chi connectivity index (χ1v) is 9.90. The van der Waals surface area contributed by atoms with E-state index in [1.165, 1.54) is 6.07 Å². The third kappa shape index (κ3) is 4.58. The van der Waals surface area contributed by atoms with Gasteiger partial charge >= 0.3 is 0 Å². The lowest BCUT2D eigenvalue weighted by atomic mass is 10.1. The Balaban J connectivity index is 1.53. The average Bonchev–Trinajstić information content (AvgIpc) is 3.44. The zero-order chi connectivity index (χ0) is 20.8. The molecule has 0 saturated heterocycles. The molecule has 6 nitrogen and oxygen atoms in total. The first-order valence-electron chi connectivity index (χ1n) is 9.90. The van der Waals surface area contributed by atoms with E-state index in [9.17, 15) is 4.39 Å². The van der Waals surface area contributed by atoms with E-state index in [4.69, 9.17) is 4.74 Å². The van der Waals surface area contributed by atoms with Crippen molar-refractivity contribution in [2.45, 2.75) is 19.5 Å². The highest BCUT2D eigenvalue weighted by Crippen LogP contribution is 2.26. The number of nitrogens with one attached hydrogen (secondary N) is 1. The van der Waals surface area contributed by atoms with Gasteiger partial charge in [-0.1, -0.05) is 12.1 Å². The van der Waals surface area contributed by atoms with Gasteiger partial charge in [0, 0.05) is 42.8 Å². The number of halogens is 1. The summed E-state index contributed by atoms with van der Waals surface area (Å²) in [6.45, 7) is 2.33. The number of aryl methyl sites for hydroxylation is 1. The van der Waals surface area contributed by atoms with Crippen molar-refractivity contribution in [2.75, 3.05) is 13.7 Å². The summed E-state index contributed by atoms with van der Waals surface area (Å²) in [7, 11) is 1.64. The largest absolute Gasteiger partial charge is 0.497 e. The molecule has 154 valence electrons. The van der Waals surface area contributed by atoms with Gasteiger partial charge in [-0.15, -0.1) is 0 Å². The molecule has 0 amide bonds. The second kappa shape index (κ2) is 9.37. The molecule has 7 heteroatoms. The van der Waals surface area contributed by atoms with Gasteiger partial charge in [-0.05, 0) is 55.4 Å². The van der Waals surface area contributed by atoms with Crippen LogP contribution in [-0.4, -0.2) is 33.2 Å². The minimum absolute atomic E-state index is 0.306. The summed E-state index contributed by atoms with van der Waals surface area (Å²) in [4.78, 5) is 0. The van der Waals surface area contributed by atoms with E-state index in [1.54, 1.807) is 36.2 Å². The summed E-state index contributed by atoms with van der Waals surface area (Å²) in [5.74, 6) is 0.477. The molecule has 0 aliphatic heterocycles. The lowest BCUT2D eigenvalue weighted by molar-refractivity contribution is 0.415. The van der Waals surface area contributed by atoms with Crippen LogP contribution in [0.1, 0.15) is 12.0 Å². The Morgan fingerprint density at radius 3 is 2.63 bits per heavy atom. The molecule has 0 aliphatic rings. The maximum atomic E-state index is 14.3. The van der Waals surface area contributed by atoms with Crippen molar-refractivity contribution in [1.82, 2.24) is 24.9 Å². The van der Waals surface area contributed by atoms with Crippen LogP contribution < -0.4 is 10.1 Å². The summed E-state index contributed by atoms with van der Waals surface area (Å²) in [5.41, 5.74) is 3.21. The minimum atomic E-state index is -0.306. The highest BCUT2D eigenvalue weighted by Gasteiger charge is 2.14. The van der Waals surface area contributed by atoms with Gasteiger partial charge < -0.3 is 10.1 Å². The molecule has 2 heterocycles. The molecular weight excluding hydrogens is 381 g/mol. The van der Waals surface area contributed by atoms with Gasteiger partial charge in [-0.25, -0.2) is 9.07 Å². The molecule has 30 heavy (non-hydrogen) atoms. The summed E-state index contributed by atoms with van der Waals surface area (Å²) >= 11 is 0. The number of para-hydroxylation sites is 1. The van der Waals surface area contributed by atoms with Crippen molar-refractivity contribution in [3.05, 3.63) is 84.6 Å². The fourth-order valence-electron chi connectivity index (χ4n) is 3.31. The Morgan fingerprint density at radius 1 is 1.07 bits per heavy atom.